The molecular weight excluding hydrogens is 234 g/mol. The Kier molecular flexibility index (Phi) is 4.10. The van der Waals surface area contributed by atoms with Gasteiger partial charge in [-0.05, 0) is 25.3 Å². The van der Waals surface area contributed by atoms with Crippen LogP contribution in [0.4, 0.5) is 0 Å². The first-order valence-corrected chi connectivity index (χ1v) is 7.18. The Hall–Kier alpha value is -1.15. The van der Waals surface area contributed by atoms with E-state index < -0.39 is 0 Å². The molecule has 0 aliphatic heterocycles. The predicted molar refractivity (Wildman–Crippen MR) is 79.3 cm³/mol. The van der Waals surface area contributed by atoms with Gasteiger partial charge >= 0.3 is 0 Å². The van der Waals surface area contributed by atoms with Crippen LogP contribution in [0.2, 0.25) is 0 Å². The summed E-state index contributed by atoms with van der Waals surface area (Å²) in [5, 5.41) is 0. The van der Waals surface area contributed by atoms with E-state index in [1.807, 2.05) is 30.3 Å². The van der Waals surface area contributed by atoms with E-state index in [0.717, 1.165) is 30.5 Å². The fourth-order valence-corrected chi connectivity index (χ4v) is 2.85. The highest BCUT2D eigenvalue weighted by Crippen LogP contribution is 2.38. The Morgan fingerprint density at radius 3 is 2.42 bits per heavy atom. The van der Waals surface area contributed by atoms with E-state index in [4.69, 9.17) is 0 Å². The van der Waals surface area contributed by atoms with Crippen LogP contribution in [-0.4, -0.2) is 30.8 Å². The molecular formula is C17H25NO. The molecule has 0 amide bonds. The molecule has 1 fully saturated rings. The zero-order chi connectivity index (χ0) is 14.0. The number of carbonyl (C=O) groups is 1. The maximum atomic E-state index is 12.5. The zero-order valence-corrected chi connectivity index (χ0v) is 12.5. The quantitative estimate of drug-likeness (QED) is 0.729. The van der Waals surface area contributed by atoms with Crippen molar-refractivity contribution in [3.8, 4) is 0 Å². The molecule has 2 nitrogen and oxygen atoms in total. The number of Topliss-reactive ketones (excluding diaryl/α,β-unsaturated/α-hetero) is 1. The van der Waals surface area contributed by atoms with Crippen LogP contribution in [0, 0.1) is 17.3 Å². The van der Waals surface area contributed by atoms with Crippen LogP contribution in [0.15, 0.2) is 30.3 Å². The average Bonchev–Trinajstić information content (AvgIpc) is 3.04. The number of nitrogens with zero attached hydrogens (tertiary/aromatic N) is 1. The first kappa shape index (κ1) is 14.3. The van der Waals surface area contributed by atoms with Crippen molar-refractivity contribution < 1.29 is 4.79 Å². The summed E-state index contributed by atoms with van der Waals surface area (Å²) in [4.78, 5) is 14.9. The minimum atomic E-state index is -0.325. The molecule has 0 N–H and O–H groups in total. The minimum absolute atomic E-state index is 0.240. The third kappa shape index (κ3) is 3.66. The lowest BCUT2D eigenvalue weighted by molar-refractivity contribution is 0.0780. The normalized spacial score (nSPS) is 22.6. The number of hydrogen-bond donors (Lipinski definition) is 0. The van der Waals surface area contributed by atoms with E-state index in [-0.39, 0.29) is 11.2 Å². The number of ketones is 1. The molecule has 1 aliphatic carbocycles. The van der Waals surface area contributed by atoms with Gasteiger partial charge in [0.2, 0.25) is 0 Å². The summed E-state index contributed by atoms with van der Waals surface area (Å²) >= 11 is 0. The van der Waals surface area contributed by atoms with Crippen molar-refractivity contribution in [2.24, 2.45) is 17.3 Å². The zero-order valence-electron chi connectivity index (χ0n) is 12.5. The van der Waals surface area contributed by atoms with Gasteiger partial charge in [-0.15, -0.1) is 0 Å². The van der Waals surface area contributed by atoms with Gasteiger partial charge in [0.1, 0.15) is 0 Å². The first-order valence-electron chi connectivity index (χ1n) is 7.18. The number of benzene rings is 1. The lowest BCUT2D eigenvalue weighted by Crippen LogP contribution is -2.38. The van der Waals surface area contributed by atoms with Crippen LogP contribution in [-0.2, 0) is 0 Å². The van der Waals surface area contributed by atoms with Gasteiger partial charge in [-0.3, -0.25) is 4.79 Å². The molecule has 1 aromatic carbocycles. The topological polar surface area (TPSA) is 20.3 Å². The molecule has 2 unspecified atom stereocenters. The van der Waals surface area contributed by atoms with Crippen LogP contribution < -0.4 is 0 Å². The number of hydrogen-bond acceptors (Lipinski definition) is 2. The van der Waals surface area contributed by atoms with E-state index in [0.29, 0.717) is 0 Å². The van der Waals surface area contributed by atoms with Gasteiger partial charge in [0.25, 0.3) is 0 Å². The molecule has 0 heterocycles. The van der Waals surface area contributed by atoms with Crippen LogP contribution in [0.3, 0.4) is 0 Å². The molecule has 0 aromatic heterocycles. The highest BCUT2D eigenvalue weighted by molar-refractivity contribution is 6.00. The Labute approximate surface area is 116 Å². The van der Waals surface area contributed by atoms with E-state index in [2.05, 4.69) is 32.7 Å². The third-order valence-electron chi connectivity index (χ3n) is 4.14. The SMILES string of the molecule is CC1CC1CN(C)CC(C)(C)C(=O)c1ccccc1. The Morgan fingerprint density at radius 2 is 1.89 bits per heavy atom. The second kappa shape index (κ2) is 5.46. The smallest absolute Gasteiger partial charge is 0.169 e. The molecule has 1 aliphatic rings. The molecule has 2 heteroatoms. The van der Waals surface area contributed by atoms with Crippen molar-refractivity contribution in [3.63, 3.8) is 0 Å². The fraction of sp³-hybridized carbons (Fsp3) is 0.588. The summed E-state index contributed by atoms with van der Waals surface area (Å²) in [6.07, 6.45) is 1.34. The molecule has 2 rings (SSSR count). The molecule has 0 saturated heterocycles. The summed E-state index contributed by atoms with van der Waals surface area (Å²) in [6, 6.07) is 9.63. The number of rotatable bonds is 6. The van der Waals surface area contributed by atoms with Gasteiger partial charge in [0.05, 0.1) is 0 Å². The lowest BCUT2D eigenvalue weighted by atomic mass is 9.83. The van der Waals surface area contributed by atoms with Crippen molar-refractivity contribution in [3.05, 3.63) is 35.9 Å². The first-order chi connectivity index (χ1) is 8.90. The monoisotopic (exact) mass is 259 g/mol. The van der Waals surface area contributed by atoms with E-state index in [1.165, 1.54) is 6.42 Å². The second-order valence-electron chi connectivity index (χ2n) is 6.75. The second-order valence-corrected chi connectivity index (χ2v) is 6.75. The van der Waals surface area contributed by atoms with Crippen molar-refractivity contribution in [1.82, 2.24) is 4.90 Å². The van der Waals surface area contributed by atoms with Gasteiger partial charge in [-0.2, -0.15) is 0 Å². The molecule has 2 atom stereocenters. The van der Waals surface area contributed by atoms with Crippen molar-refractivity contribution in [1.29, 1.82) is 0 Å². The average molecular weight is 259 g/mol. The third-order valence-corrected chi connectivity index (χ3v) is 4.14. The van der Waals surface area contributed by atoms with Crippen molar-refractivity contribution >= 4 is 5.78 Å². The van der Waals surface area contributed by atoms with Crippen LogP contribution >= 0.6 is 0 Å². The van der Waals surface area contributed by atoms with Gasteiger partial charge in [-0.25, -0.2) is 0 Å². The number of carbonyl (C=O) groups excluding carboxylic acids is 1. The minimum Gasteiger partial charge on any atom is -0.305 e. The molecule has 1 aromatic rings. The summed E-state index contributed by atoms with van der Waals surface area (Å²) in [6.45, 7) is 8.35. The molecule has 19 heavy (non-hydrogen) atoms. The standard InChI is InChI=1S/C17H25NO/c1-13-10-15(13)11-18(4)12-17(2,3)16(19)14-8-6-5-7-9-14/h5-9,13,15H,10-12H2,1-4H3. The lowest BCUT2D eigenvalue weighted by Gasteiger charge is -2.29. The molecule has 0 spiro atoms. The maximum Gasteiger partial charge on any atom is 0.169 e. The van der Waals surface area contributed by atoms with E-state index in [1.54, 1.807) is 0 Å². The highest BCUT2D eigenvalue weighted by Gasteiger charge is 2.35. The Balaban J connectivity index is 1.95. The largest absolute Gasteiger partial charge is 0.305 e. The molecule has 0 bridgehead atoms. The van der Waals surface area contributed by atoms with Crippen LogP contribution in [0.25, 0.3) is 0 Å². The predicted octanol–water partition coefficient (Wildman–Crippen LogP) is 3.48. The van der Waals surface area contributed by atoms with Gasteiger partial charge < -0.3 is 4.90 Å². The Bertz CT molecular complexity index is 438. The summed E-state index contributed by atoms with van der Waals surface area (Å²) in [7, 11) is 2.13. The van der Waals surface area contributed by atoms with Crippen LogP contribution in [0.1, 0.15) is 37.6 Å². The van der Waals surface area contributed by atoms with E-state index >= 15 is 0 Å². The summed E-state index contributed by atoms with van der Waals surface area (Å²) < 4.78 is 0. The fourth-order valence-electron chi connectivity index (χ4n) is 2.85. The Morgan fingerprint density at radius 1 is 1.32 bits per heavy atom. The van der Waals surface area contributed by atoms with Crippen molar-refractivity contribution in [2.75, 3.05) is 20.1 Å². The molecule has 104 valence electrons. The highest BCUT2D eigenvalue weighted by atomic mass is 16.1. The van der Waals surface area contributed by atoms with Crippen LogP contribution in [0.5, 0.6) is 0 Å². The van der Waals surface area contributed by atoms with Gasteiger partial charge in [0.15, 0.2) is 5.78 Å². The van der Waals surface area contributed by atoms with E-state index in [9.17, 15) is 4.79 Å². The summed E-state index contributed by atoms with van der Waals surface area (Å²) in [5.74, 6) is 1.95. The van der Waals surface area contributed by atoms with Gasteiger partial charge in [-0.1, -0.05) is 51.1 Å². The molecule has 1 saturated carbocycles. The summed E-state index contributed by atoms with van der Waals surface area (Å²) in [5.41, 5.74) is 0.495. The van der Waals surface area contributed by atoms with Gasteiger partial charge in [0, 0.05) is 24.1 Å². The van der Waals surface area contributed by atoms with Crippen molar-refractivity contribution in [2.45, 2.75) is 27.2 Å². The maximum absolute atomic E-state index is 12.5. The molecule has 0 radical (unpaired) electrons.